The number of carbonyl (C=O) groups excluding carboxylic acids is 2. The summed E-state index contributed by atoms with van der Waals surface area (Å²) in [6.45, 7) is 5.40. The molecule has 0 spiro atoms. The van der Waals surface area contributed by atoms with Gasteiger partial charge in [-0.1, -0.05) is 31.9 Å². The number of esters is 1. The first-order valence-corrected chi connectivity index (χ1v) is 7.56. The second-order valence-corrected chi connectivity index (χ2v) is 6.12. The van der Waals surface area contributed by atoms with E-state index in [1.165, 1.54) is 6.92 Å². The molecule has 1 atom stereocenters. The summed E-state index contributed by atoms with van der Waals surface area (Å²) in [5.74, 6) is -0.279. The number of carbonyl (C=O) groups is 2. The van der Waals surface area contributed by atoms with Crippen LogP contribution in [-0.2, 0) is 14.3 Å². The summed E-state index contributed by atoms with van der Waals surface area (Å²) >= 11 is 5.88. The maximum Gasteiger partial charge on any atom is 0.408 e. The molecule has 5 nitrogen and oxygen atoms in total. The van der Waals surface area contributed by atoms with Crippen molar-refractivity contribution in [3.05, 3.63) is 0 Å². The van der Waals surface area contributed by atoms with Crippen LogP contribution in [0.2, 0.25) is 0 Å². The van der Waals surface area contributed by atoms with Crippen LogP contribution in [0.1, 0.15) is 52.9 Å². The van der Waals surface area contributed by atoms with Gasteiger partial charge in [0.2, 0.25) is 0 Å². The molecule has 20 heavy (non-hydrogen) atoms. The Morgan fingerprint density at radius 2 is 1.85 bits per heavy atom. The van der Waals surface area contributed by atoms with Crippen LogP contribution in [0.5, 0.6) is 0 Å². The summed E-state index contributed by atoms with van der Waals surface area (Å²) < 4.78 is 10.5. The van der Waals surface area contributed by atoms with Gasteiger partial charge in [0.25, 0.3) is 0 Å². The van der Waals surface area contributed by atoms with Crippen molar-refractivity contribution >= 4 is 23.7 Å². The van der Waals surface area contributed by atoms with Crippen molar-refractivity contribution in [1.29, 1.82) is 0 Å². The molecular weight excluding hydrogens is 282 g/mol. The number of hydrogen-bond acceptors (Lipinski definition) is 4. The summed E-state index contributed by atoms with van der Waals surface area (Å²) in [5, 5.41) is 2.66. The normalized spacial score (nSPS) is 19.2. The molecule has 1 saturated carbocycles. The van der Waals surface area contributed by atoms with Crippen molar-refractivity contribution in [2.75, 3.05) is 6.54 Å². The van der Waals surface area contributed by atoms with Gasteiger partial charge in [0.15, 0.2) is 5.56 Å². The molecular formula is C14H24ClNO4. The van der Waals surface area contributed by atoms with Crippen molar-refractivity contribution in [3.8, 4) is 0 Å². The summed E-state index contributed by atoms with van der Waals surface area (Å²) in [5.41, 5.74) is -1.26. The minimum absolute atomic E-state index is 0.0412. The van der Waals surface area contributed by atoms with Crippen LogP contribution in [0.15, 0.2) is 0 Å². The van der Waals surface area contributed by atoms with Gasteiger partial charge < -0.3 is 14.8 Å². The van der Waals surface area contributed by atoms with Gasteiger partial charge in [0.05, 0.1) is 6.54 Å². The molecule has 1 amide bonds. The van der Waals surface area contributed by atoms with E-state index < -0.39 is 17.3 Å². The Labute approximate surface area is 125 Å². The van der Waals surface area contributed by atoms with Crippen molar-refractivity contribution in [1.82, 2.24) is 5.32 Å². The van der Waals surface area contributed by atoms with E-state index in [1.807, 2.05) is 13.8 Å². The molecule has 0 aromatic carbocycles. The Morgan fingerprint density at radius 3 is 2.35 bits per heavy atom. The van der Waals surface area contributed by atoms with Gasteiger partial charge in [-0.3, -0.25) is 4.79 Å². The Balaban J connectivity index is 2.49. The van der Waals surface area contributed by atoms with Crippen LogP contribution in [0.4, 0.5) is 4.79 Å². The van der Waals surface area contributed by atoms with Crippen molar-refractivity contribution in [2.24, 2.45) is 5.92 Å². The van der Waals surface area contributed by atoms with Crippen molar-refractivity contribution in [3.63, 3.8) is 0 Å². The quantitative estimate of drug-likeness (QED) is 0.626. The average Bonchev–Trinajstić information content (AvgIpc) is 2.36. The molecule has 1 rings (SSSR count). The zero-order valence-electron chi connectivity index (χ0n) is 12.4. The number of alkyl carbamates (subject to hydrolysis) is 1. The van der Waals surface area contributed by atoms with Gasteiger partial charge >= 0.3 is 12.1 Å². The third kappa shape index (κ3) is 5.57. The predicted octanol–water partition coefficient (Wildman–Crippen LogP) is 3.20. The SMILES string of the molecule is CC(=O)OC1(CNC(=O)OC(Cl)C(C)C)CCCCC1. The number of alkyl halides is 1. The standard InChI is InChI=1S/C14H24ClNO4/c1-10(2)12(15)19-13(18)16-9-14(20-11(3)17)7-5-4-6-8-14/h10,12H,4-9H2,1-3H3,(H,16,18). The molecule has 0 saturated heterocycles. The number of halogens is 1. The first-order chi connectivity index (χ1) is 9.34. The third-order valence-electron chi connectivity index (χ3n) is 3.42. The Kier molecular flexibility index (Phi) is 6.59. The molecule has 0 heterocycles. The molecule has 1 unspecified atom stereocenters. The first-order valence-electron chi connectivity index (χ1n) is 7.13. The maximum absolute atomic E-state index is 11.7. The fraction of sp³-hybridized carbons (Fsp3) is 0.857. The van der Waals surface area contributed by atoms with Gasteiger partial charge in [-0.15, -0.1) is 0 Å². The van der Waals surface area contributed by atoms with Gasteiger partial charge in [0.1, 0.15) is 5.60 Å². The monoisotopic (exact) mass is 305 g/mol. The number of ether oxygens (including phenoxy) is 2. The van der Waals surface area contributed by atoms with Crippen LogP contribution in [0.3, 0.4) is 0 Å². The second-order valence-electron chi connectivity index (χ2n) is 5.69. The third-order valence-corrected chi connectivity index (χ3v) is 4.02. The Bertz CT molecular complexity index is 340. The summed E-state index contributed by atoms with van der Waals surface area (Å²) in [7, 11) is 0. The molecule has 1 N–H and O–H groups in total. The molecule has 0 aromatic heterocycles. The van der Waals surface area contributed by atoms with E-state index in [2.05, 4.69) is 5.32 Å². The second kappa shape index (κ2) is 7.72. The zero-order chi connectivity index (χ0) is 15.2. The van der Waals surface area contributed by atoms with Gasteiger partial charge in [0, 0.05) is 12.8 Å². The van der Waals surface area contributed by atoms with Gasteiger partial charge in [-0.2, -0.15) is 0 Å². The highest BCUT2D eigenvalue weighted by Gasteiger charge is 2.35. The summed E-state index contributed by atoms with van der Waals surface area (Å²) in [6.07, 6.45) is 4.07. The molecule has 1 aliphatic carbocycles. The number of rotatable bonds is 5. The van der Waals surface area contributed by atoms with Crippen LogP contribution in [0.25, 0.3) is 0 Å². The Morgan fingerprint density at radius 1 is 1.25 bits per heavy atom. The first kappa shape index (κ1) is 17.1. The number of nitrogens with one attached hydrogen (secondary N) is 1. The summed E-state index contributed by atoms with van der Waals surface area (Å²) in [4.78, 5) is 22.9. The Hall–Kier alpha value is -0.970. The lowest BCUT2D eigenvalue weighted by atomic mass is 9.84. The highest BCUT2D eigenvalue weighted by Crippen LogP contribution is 2.31. The van der Waals surface area contributed by atoms with E-state index in [9.17, 15) is 9.59 Å². The molecule has 1 aliphatic rings. The van der Waals surface area contributed by atoms with Crippen LogP contribution < -0.4 is 5.32 Å². The lowest BCUT2D eigenvalue weighted by Crippen LogP contribution is -2.47. The van der Waals surface area contributed by atoms with E-state index in [1.54, 1.807) is 0 Å². The molecule has 116 valence electrons. The van der Waals surface area contributed by atoms with Gasteiger partial charge in [-0.05, 0) is 25.7 Å². The topological polar surface area (TPSA) is 64.6 Å². The lowest BCUT2D eigenvalue weighted by molar-refractivity contribution is -0.160. The zero-order valence-corrected chi connectivity index (χ0v) is 13.2. The van der Waals surface area contributed by atoms with Crippen LogP contribution >= 0.6 is 11.6 Å². The fourth-order valence-corrected chi connectivity index (χ4v) is 2.41. The minimum atomic E-state index is -0.661. The van der Waals surface area contributed by atoms with E-state index in [4.69, 9.17) is 21.1 Å². The predicted molar refractivity (Wildman–Crippen MR) is 76.5 cm³/mol. The lowest BCUT2D eigenvalue weighted by Gasteiger charge is -2.36. The number of hydrogen-bond donors (Lipinski definition) is 1. The van der Waals surface area contributed by atoms with Crippen molar-refractivity contribution < 1.29 is 19.1 Å². The van der Waals surface area contributed by atoms with E-state index in [-0.39, 0.29) is 18.4 Å². The van der Waals surface area contributed by atoms with Crippen molar-refractivity contribution in [2.45, 2.75) is 64.0 Å². The summed E-state index contributed by atoms with van der Waals surface area (Å²) in [6, 6.07) is 0. The molecule has 1 fully saturated rings. The molecule has 0 radical (unpaired) electrons. The molecule has 0 aliphatic heterocycles. The van der Waals surface area contributed by atoms with Crippen LogP contribution in [-0.4, -0.2) is 29.8 Å². The average molecular weight is 306 g/mol. The molecule has 0 aromatic rings. The molecule has 6 heteroatoms. The van der Waals surface area contributed by atoms with E-state index >= 15 is 0 Å². The number of amides is 1. The van der Waals surface area contributed by atoms with Gasteiger partial charge in [-0.25, -0.2) is 4.79 Å². The molecule has 0 bridgehead atoms. The largest absolute Gasteiger partial charge is 0.457 e. The fourth-order valence-electron chi connectivity index (χ4n) is 2.33. The smallest absolute Gasteiger partial charge is 0.408 e. The van der Waals surface area contributed by atoms with Crippen LogP contribution in [0, 0.1) is 5.92 Å². The minimum Gasteiger partial charge on any atom is -0.457 e. The van der Waals surface area contributed by atoms with E-state index in [0.29, 0.717) is 0 Å². The highest BCUT2D eigenvalue weighted by atomic mass is 35.5. The maximum atomic E-state index is 11.7. The highest BCUT2D eigenvalue weighted by molar-refractivity contribution is 6.20. The van der Waals surface area contributed by atoms with E-state index in [0.717, 1.165) is 32.1 Å².